The lowest BCUT2D eigenvalue weighted by Crippen LogP contribution is -2.56. The summed E-state index contributed by atoms with van der Waals surface area (Å²) in [7, 11) is 1.49. The fraction of sp³-hybridized carbons (Fsp3) is 0.227. The van der Waals surface area contributed by atoms with Gasteiger partial charge in [-0.3, -0.25) is 19.4 Å². The fourth-order valence-electron chi connectivity index (χ4n) is 3.31. The predicted molar refractivity (Wildman–Crippen MR) is 112 cm³/mol. The first-order valence-corrected chi connectivity index (χ1v) is 9.54. The number of likely N-dealkylation sites (N-methyl/N-ethyl adjacent to an activating group) is 1. The van der Waals surface area contributed by atoms with Crippen molar-refractivity contribution in [3.8, 4) is 11.1 Å². The molecule has 31 heavy (non-hydrogen) atoms. The van der Waals surface area contributed by atoms with Gasteiger partial charge < -0.3 is 20.6 Å². The zero-order valence-electron chi connectivity index (χ0n) is 17.0. The number of carbonyl (C=O) groups is 4. The van der Waals surface area contributed by atoms with Gasteiger partial charge in [0.15, 0.2) is 11.8 Å². The van der Waals surface area contributed by atoms with E-state index in [0.29, 0.717) is 11.1 Å². The van der Waals surface area contributed by atoms with E-state index < -0.39 is 35.8 Å². The molecular weight excluding hydrogens is 400 g/mol. The smallest absolute Gasteiger partial charge is 0.316 e. The topological polar surface area (TPSA) is 129 Å². The molecule has 0 aliphatic carbocycles. The van der Waals surface area contributed by atoms with Gasteiger partial charge in [0.05, 0.1) is 12.5 Å². The van der Waals surface area contributed by atoms with E-state index >= 15 is 0 Å². The number of nitrogens with zero attached hydrogens (tertiary/aromatic N) is 2. The van der Waals surface area contributed by atoms with E-state index in [1.807, 2.05) is 12.1 Å². The van der Waals surface area contributed by atoms with E-state index in [1.165, 1.54) is 18.1 Å². The maximum atomic E-state index is 12.6. The molecule has 2 unspecified atom stereocenters. The van der Waals surface area contributed by atoms with Crippen molar-refractivity contribution in [1.29, 1.82) is 0 Å². The second kappa shape index (κ2) is 9.21. The van der Waals surface area contributed by atoms with Crippen LogP contribution in [0.1, 0.15) is 24.9 Å². The van der Waals surface area contributed by atoms with Gasteiger partial charge in [-0.1, -0.05) is 24.3 Å². The van der Waals surface area contributed by atoms with Crippen LogP contribution < -0.4 is 10.6 Å². The number of carboxylic acids is 1. The Morgan fingerprint density at radius 3 is 2.61 bits per heavy atom. The van der Waals surface area contributed by atoms with Crippen LogP contribution in [0.25, 0.3) is 11.1 Å². The van der Waals surface area contributed by atoms with Gasteiger partial charge in [-0.15, -0.1) is 0 Å². The van der Waals surface area contributed by atoms with Crippen molar-refractivity contribution in [1.82, 2.24) is 20.5 Å². The SMILES string of the molecule is CC1=CN(C)C(=O)C(NC(=O)NC(CC(=O)O)c2cccc(-c3cccnc3)c2)C1=O. The molecule has 0 bridgehead atoms. The van der Waals surface area contributed by atoms with Gasteiger partial charge in [0.2, 0.25) is 0 Å². The fourth-order valence-corrected chi connectivity index (χ4v) is 3.31. The molecule has 0 fully saturated rings. The number of hydrogen-bond donors (Lipinski definition) is 3. The number of carboxylic acid groups (broad SMARTS) is 1. The number of urea groups is 1. The maximum absolute atomic E-state index is 12.6. The number of nitrogens with one attached hydrogen (secondary N) is 2. The molecule has 1 aromatic heterocycles. The number of carbonyl (C=O) groups excluding carboxylic acids is 3. The van der Waals surface area contributed by atoms with Gasteiger partial charge in [-0.05, 0) is 35.7 Å². The summed E-state index contributed by atoms with van der Waals surface area (Å²) in [6.45, 7) is 1.55. The molecule has 2 aromatic rings. The van der Waals surface area contributed by atoms with Crippen LogP contribution in [0.2, 0.25) is 0 Å². The van der Waals surface area contributed by atoms with Gasteiger partial charge in [-0.25, -0.2) is 4.79 Å². The molecule has 1 aliphatic rings. The molecule has 3 amide bonds. The van der Waals surface area contributed by atoms with Crippen LogP contribution in [0.15, 0.2) is 60.6 Å². The lowest BCUT2D eigenvalue weighted by Gasteiger charge is -2.27. The summed E-state index contributed by atoms with van der Waals surface area (Å²) in [6, 6.07) is 7.67. The molecule has 3 N–H and O–H groups in total. The zero-order chi connectivity index (χ0) is 22.5. The average Bonchev–Trinajstić information content (AvgIpc) is 2.75. The monoisotopic (exact) mass is 422 g/mol. The number of rotatable bonds is 6. The Balaban J connectivity index is 1.80. The lowest BCUT2D eigenvalue weighted by molar-refractivity contribution is -0.138. The minimum Gasteiger partial charge on any atom is -0.481 e. The number of Topliss-reactive ketones (excluding diaryl/α,β-unsaturated/α-hetero) is 1. The van der Waals surface area contributed by atoms with Crippen LogP contribution >= 0.6 is 0 Å². The van der Waals surface area contributed by atoms with Crippen LogP contribution in [-0.2, 0) is 14.4 Å². The Hall–Kier alpha value is -4.01. The van der Waals surface area contributed by atoms with Crippen molar-refractivity contribution >= 4 is 23.7 Å². The standard InChI is InChI=1S/C22H22N4O5/c1-13-12-26(2)21(30)19(20(13)29)25-22(31)24-17(10-18(27)28)15-6-3-5-14(9-15)16-7-4-8-23-11-16/h3-9,11-12,17,19H,10H2,1-2H3,(H,27,28)(H2,24,25,31). The number of amides is 3. The largest absolute Gasteiger partial charge is 0.481 e. The highest BCUT2D eigenvalue weighted by Gasteiger charge is 2.35. The van der Waals surface area contributed by atoms with E-state index in [2.05, 4.69) is 15.6 Å². The Kier molecular flexibility index (Phi) is 6.44. The van der Waals surface area contributed by atoms with Crippen molar-refractivity contribution in [2.24, 2.45) is 0 Å². The summed E-state index contributed by atoms with van der Waals surface area (Å²) >= 11 is 0. The zero-order valence-corrected chi connectivity index (χ0v) is 17.0. The summed E-state index contributed by atoms with van der Waals surface area (Å²) in [5, 5.41) is 14.3. The molecule has 0 saturated carbocycles. The molecule has 0 radical (unpaired) electrons. The number of ketones is 1. The van der Waals surface area contributed by atoms with Crippen molar-refractivity contribution in [2.45, 2.75) is 25.4 Å². The lowest BCUT2D eigenvalue weighted by atomic mass is 9.98. The molecule has 0 spiro atoms. The third kappa shape index (κ3) is 5.13. The Labute approximate surface area is 178 Å². The summed E-state index contributed by atoms with van der Waals surface area (Å²) < 4.78 is 0. The molecule has 0 saturated heterocycles. The second-order valence-electron chi connectivity index (χ2n) is 7.19. The third-order valence-corrected chi connectivity index (χ3v) is 4.88. The van der Waals surface area contributed by atoms with Crippen molar-refractivity contribution in [3.05, 3.63) is 66.1 Å². The average molecular weight is 422 g/mol. The van der Waals surface area contributed by atoms with Crippen LogP contribution in [0, 0.1) is 0 Å². The molecule has 160 valence electrons. The number of aliphatic carboxylic acids is 1. The van der Waals surface area contributed by atoms with Gasteiger partial charge in [0, 0.05) is 31.2 Å². The number of benzene rings is 1. The molecule has 2 heterocycles. The second-order valence-corrected chi connectivity index (χ2v) is 7.19. The van der Waals surface area contributed by atoms with Crippen molar-refractivity contribution in [2.75, 3.05) is 7.05 Å². The van der Waals surface area contributed by atoms with Gasteiger partial charge in [-0.2, -0.15) is 0 Å². The van der Waals surface area contributed by atoms with E-state index in [9.17, 15) is 24.3 Å². The van der Waals surface area contributed by atoms with Gasteiger partial charge in [0.1, 0.15) is 0 Å². The van der Waals surface area contributed by atoms with Crippen LogP contribution in [-0.4, -0.2) is 51.8 Å². The number of pyridine rings is 1. The first-order valence-electron chi connectivity index (χ1n) is 9.54. The van der Waals surface area contributed by atoms with E-state index in [0.717, 1.165) is 11.1 Å². The Morgan fingerprint density at radius 2 is 1.94 bits per heavy atom. The first kappa shape index (κ1) is 21.7. The van der Waals surface area contributed by atoms with Crippen LogP contribution in [0.5, 0.6) is 0 Å². The minimum atomic E-state index is -1.36. The van der Waals surface area contributed by atoms with E-state index in [-0.39, 0.29) is 6.42 Å². The predicted octanol–water partition coefficient (Wildman–Crippen LogP) is 1.88. The molecule has 3 rings (SSSR count). The summed E-state index contributed by atoms with van der Waals surface area (Å²) in [6.07, 6.45) is 4.35. The van der Waals surface area contributed by atoms with Crippen molar-refractivity contribution < 1.29 is 24.3 Å². The van der Waals surface area contributed by atoms with E-state index in [4.69, 9.17) is 0 Å². The molecule has 1 aliphatic heterocycles. The molecule has 1 aromatic carbocycles. The number of hydrogen-bond acceptors (Lipinski definition) is 5. The highest BCUT2D eigenvalue weighted by Crippen LogP contribution is 2.24. The molecular formula is C22H22N4O5. The maximum Gasteiger partial charge on any atom is 0.316 e. The molecule has 9 heteroatoms. The highest BCUT2D eigenvalue weighted by atomic mass is 16.4. The minimum absolute atomic E-state index is 0.332. The Bertz CT molecular complexity index is 1050. The van der Waals surface area contributed by atoms with E-state index in [1.54, 1.807) is 43.6 Å². The Morgan fingerprint density at radius 1 is 1.19 bits per heavy atom. The van der Waals surface area contributed by atoms with Crippen molar-refractivity contribution in [3.63, 3.8) is 0 Å². The van der Waals surface area contributed by atoms with Crippen LogP contribution in [0.4, 0.5) is 4.79 Å². The van der Waals surface area contributed by atoms with Crippen LogP contribution in [0.3, 0.4) is 0 Å². The highest BCUT2D eigenvalue weighted by molar-refractivity contribution is 6.16. The number of aromatic nitrogens is 1. The summed E-state index contributed by atoms with van der Waals surface area (Å²) in [4.78, 5) is 53.8. The summed E-state index contributed by atoms with van der Waals surface area (Å²) in [5.74, 6) is -2.19. The molecule has 2 atom stereocenters. The quantitative estimate of drug-likeness (QED) is 0.610. The normalized spacial score (nSPS) is 17.0. The summed E-state index contributed by atoms with van der Waals surface area (Å²) in [5.41, 5.74) is 2.54. The first-order chi connectivity index (χ1) is 14.8. The van der Waals surface area contributed by atoms with Gasteiger partial charge >= 0.3 is 12.0 Å². The third-order valence-electron chi connectivity index (χ3n) is 4.88. The molecule has 9 nitrogen and oxygen atoms in total. The van der Waals surface area contributed by atoms with Gasteiger partial charge in [0.25, 0.3) is 5.91 Å².